The standard InChI is InChI=1S/C21H18ClN5S/c1-25-11-16-7-13(6-15(10-23)19(16)24)14-8-17(22)20-18(9-14)28-21(27-20)12-2-4-26-5-3-12/h2,6-9,11,26H,3-5,24H2,1H3. The second-order valence-electron chi connectivity index (χ2n) is 6.53. The van der Waals surface area contributed by atoms with E-state index in [1.165, 1.54) is 5.57 Å². The monoisotopic (exact) mass is 407 g/mol. The predicted molar refractivity (Wildman–Crippen MR) is 118 cm³/mol. The number of anilines is 1. The zero-order valence-corrected chi connectivity index (χ0v) is 16.9. The summed E-state index contributed by atoms with van der Waals surface area (Å²) >= 11 is 8.21. The first kappa shape index (κ1) is 18.6. The minimum Gasteiger partial charge on any atom is -0.397 e. The van der Waals surface area contributed by atoms with Gasteiger partial charge in [0.15, 0.2) is 0 Å². The first-order valence-electron chi connectivity index (χ1n) is 8.87. The van der Waals surface area contributed by atoms with Gasteiger partial charge in [0, 0.05) is 25.4 Å². The van der Waals surface area contributed by atoms with E-state index in [1.54, 1.807) is 30.7 Å². The van der Waals surface area contributed by atoms with Crippen molar-refractivity contribution in [3.05, 3.63) is 51.5 Å². The first-order chi connectivity index (χ1) is 13.6. The van der Waals surface area contributed by atoms with Crippen molar-refractivity contribution < 1.29 is 0 Å². The molecule has 140 valence electrons. The molecule has 28 heavy (non-hydrogen) atoms. The quantitative estimate of drug-likeness (QED) is 0.494. The Hall–Kier alpha value is -2.72. The Bertz CT molecular complexity index is 1170. The van der Waals surface area contributed by atoms with Crippen molar-refractivity contribution in [1.82, 2.24) is 10.3 Å². The van der Waals surface area contributed by atoms with Crippen molar-refractivity contribution in [2.45, 2.75) is 6.42 Å². The van der Waals surface area contributed by atoms with Crippen LogP contribution in [0.2, 0.25) is 5.02 Å². The molecule has 4 rings (SSSR count). The van der Waals surface area contributed by atoms with Gasteiger partial charge in [-0.25, -0.2) is 4.98 Å². The van der Waals surface area contributed by atoms with Gasteiger partial charge in [0.25, 0.3) is 0 Å². The highest BCUT2D eigenvalue weighted by atomic mass is 35.5. The van der Waals surface area contributed by atoms with Gasteiger partial charge in [0.2, 0.25) is 0 Å². The third kappa shape index (κ3) is 3.40. The number of aliphatic imine (C=N–C) groups is 1. The molecule has 0 bridgehead atoms. The molecule has 1 aliphatic rings. The number of hydrogen-bond donors (Lipinski definition) is 2. The molecule has 0 radical (unpaired) electrons. The molecule has 7 heteroatoms. The average molecular weight is 408 g/mol. The number of halogens is 1. The van der Waals surface area contributed by atoms with Crippen LogP contribution >= 0.6 is 22.9 Å². The molecule has 0 atom stereocenters. The van der Waals surface area contributed by atoms with Gasteiger partial charge in [-0.05, 0) is 53.9 Å². The van der Waals surface area contributed by atoms with E-state index in [1.807, 2.05) is 12.1 Å². The highest BCUT2D eigenvalue weighted by Crippen LogP contribution is 2.37. The molecule has 0 amide bonds. The number of nitrogens with two attached hydrogens (primary N) is 1. The smallest absolute Gasteiger partial charge is 0.120 e. The number of benzene rings is 2. The maximum atomic E-state index is 9.44. The van der Waals surface area contributed by atoms with E-state index in [0.717, 1.165) is 51.4 Å². The topological polar surface area (TPSA) is 87.1 Å². The van der Waals surface area contributed by atoms with E-state index < -0.39 is 0 Å². The second kappa shape index (κ2) is 7.72. The Balaban J connectivity index is 1.85. The Morgan fingerprint density at radius 3 is 2.86 bits per heavy atom. The third-order valence-corrected chi connectivity index (χ3v) is 6.09. The SMILES string of the molecule is CN=Cc1cc(-c2cc(Cl)c3nc(C4=CCNCC4)sc3c2)cc(C#N)c1N. The van der Waals surface area contributed by atoms with E-state index in [0.29, 0.717) is 16.3 Å². The lowest BCUT2D eigenvalue weighted by molar-refractivity contribution is 0.738. The highest BCUT2D eigenvalue weighted by Gasteiger charge is 2.15. The van der Waals surface area contributed by atoms with E-state index >= 15 is 0 Å². The third-order valence-electron chi connectivity index (χ3n) is 4.72. The molecule has 2 aromatic carbocycles. The highest BCUT2D eigenvalue weighted by molar-refractivity contribution is 7.19. The zero-order valence-electron chi connectivity index (χ0n) is 15.3. The fourth-order valence-electron chi connectivity index (χ4n) is 3.29. The summed E-state index contributed by atoms with van der Waals surface area (Å²) in [6, 6.07) is 9.84. The van der Waals surface area contributed by atoms with Gasteiger partial charge in [-0.15, -0.1) is 11.3 Å². The molecular weight excluding hydrogens is 390 g/mol. The number of rotatable bonds is 3. The normalized spacial score (nSPS) is 14.4. The lowest BCUT2D eigenvalue weighted by Gasteiger charge is -2.10. The molecule has 1 aliphatic heterocycles. The Morgan fingerprint density at radius 2 is 2.14 bits per heavy atom. The van der Waals surface area contributed by atoms with Crippen molar-refractivity contribution in [3.63, 3.8) is 0 Å². The van der Waals surface area contributed by atoms with E-state index in [-0.39, 0.29) is 0 Å². The van der Waals surface area contributed by atoms with Crippen molar-refractivity contribution >= 4 is 50.6 Å². The van der Waals surface area contributed by atoms with Crippen LogP contribution in [0.1, 0.15) is 22.6 Å². The number of nitriles is 1. The van der Waals surface area contributed by atoms with Gasteiger partial charge < -0.3 is 11.1 Å². The summed E-state index contributed by atoms with van der Waals surface area (Å²) in [5.41, 5.74) is 11.5. The van der Waals surface area contributed by atoms with Crippen LogP contribution in [0.15, 0.2) is 35.3 Å². The Kier molecular flexibility index (Phi) is 5.14. The van der Waals surface area contributed by atoms with Crippen LogP contribution in [0.4, 0.5) is 5.69 Å². The average Bonchev–Trinajstić information content (AvgIpc) is 3.15. The van der Waals surface area contributed by atoms with Crippen molar-refractivity contribution in [2.75, 3.05) is 25.9 Å². The minimum absolute atomic E-state index is 0.425. The lowest BCUT2D eigenvalue weighted by Crippen LogP contribution is -2.19. The van der Waals surface area contributed by atoms with Crippen molar-refractivity contribution in [3.8, 4) is 17.2 Å². The second-order valence-corrected chi connectivity index (χ2v) is 7.97. The van der Waals surface area contributed by atoms with Gasteiger partial charge >= 0.3 is 0 Å². The Morgan fingerprint density at radius 1 is 1.32 bits per heavy atom. The first-order valence-corrected chi connectivity index (χ1v) is 10.1. The summed E-state index contributed by atoms with van der Waals surface area (Å²) in [5, 5.41) is 14.4. The summed E-state index contributed by atoms with van der Waals surface area (Å²) in [6.07, 6.45) is 4.81. The summed E-state index contributed by atoms with van der Waals surface area (Å²) in [4.78, 5) is 8.80. The van der Waals surface area contributed by atoms with Crippen molar-refractivity contribution in [1.29, 1.82) is 5.26 Å². The fourth-order valence-corrected chi connectivity index (χ4v) is 4.71. The molecular formula is C21H18ClN5S. The summed E-state index contributed by atoms with van der Waals surface area (Å²) in [6.45, 7) is 1.83. The van der Waals surface area contributed by atoms with Gasteiger partial charge in [-0.2, -0.15) is 5.26 Å². The molecule has 3 N–H and O–H groups in total. The molecule has 0 unspecified atom stereocenters. The molecule has 5 nitrogen and oxygen atoms in total. The van der Waals surface area contributed by atoms with Crippen molar-refractivity contribution in [2.24, 2.45) is 4.99 Å². The van der Waals surface area contributed by atoms with E-state index in [2.05, 4.69) is 28.5 Å². The zero-order chi connectivity index (χ0) is 19.7. The largest absolute Gasteiger partial charge is 0.397 e. The van der Waals surface area contributed by atoms with Crippen LogP contribution in [-0.4, -0.2) is 31.3 Å². The maximum absolute atomic E-state index is 9.44. The van der Waals surface area contributed by atoms with E-state index in [4.69, 9.17) is 22.3 Å². The van der Waals surface area contributed by atoms with Crippen LogP contribution in [0.3, 0.4) is 0 Å². The number of nitrogens with one attached hydrogen (secondary N) is 1. The van der Waals surface area contributed by atoms with Crippen LogP contribution in [0.25, 0.3) is 26.9 Å². The minimum atomic E-state index is 0.425. The molecule has 3 aromatic rings. The maximum Gasteiger partial charge on any atom is 0.120 e. The van der Waals surface area contributed by atoms with Crippen LogP contribution in [-0.2, 0) is 0 Å². The number of nitrogens with zero attached hydrogens (tertiary/aromatic N) is 3. The molecule has 0 saturated carbocycles. The van der Waals surface area contributed by atoms with Gasteiger partial charge in [-0.3, -0.25) is 4.99 Å². The molecule has 0 fully saturated rings. The van der Waals surface area contributed by atoms with E-state index in [9.17, 15) is 5.26 Å². The predicted octanol–water partition coefficient (Wildman–Crippen LogP) is 4.50. The number of fused-ring (bicyclic) bond motifs is 1. The summed E-state index contributed by atoms with van der Waals surface area (Å²) < 4.78 is 1.03. The Labute approximate surface area is 172 Å². The number of thiazole rings is 1. The molecule has 0 saturated heterocycles. The molecule has 2 heterocycles. The number of nitrogen functional groups attached to an aromatic ring is 1. The van der Waals surface area contributed by atoms with Crippen LogP contribution in [0, 0.1) is 11.3 Å². The summed E-state index contributed by atoms with van der Waals surface area (Å²) in [7, 11) is 1.68. The van der Waals surface area contributed by atoms with Crippen LogP contribution < -0.4 is 11.1 Å². The molecule has 0 spiro atoms. The number of aromatic nitrogens is 1. The molecule has 1 aromatic heterocycles. The van der Waals surface area contributed by atoms with Gasteiger partial charge in [0.1, 0.15) is 16.6 Å². The van der Waals surface area contributed by atoms with Gasteiger partial charge in [-0.1, -0.05) is 17.7 Å². The van der Waals surface area contributed by atoms with Gasteiger partial charge in [0.05, 0.1) is 21.0 Å². The fraction of sp³-hybridized carbons (Fsp3) is 0.190. The lowest BCUT2D eigenvalue weighted by atomic mass is 9.98. The summed E-state index contributed by atoms with van der Waals surface area (Å²) in [5.74, 6) is 0. The number of hydrogen-bond acceptors (Lipinski definition) is 6. The van der Waals surface area contributed by atoms with Crippen LogP contribution in [0.5, 0.6) is 0 Å². The molecule has 0 aliphatic carbocycles.